The second kappa shape index (κ2) is 7.13. The van der Waals surface area contributed by atoms with Crippen LogP contribution >= 0.6 is 11.6 Å². The van der Waals surface area contributed by atoms with Crippen LogP contribution in [0.3, 0.4) is 0 Å². The molecule has 5 nitrogen and oxygen atoms in total. The molecule has 27 heavy (non-hydrogen) atoms. The number of rotatable bonds is 4. The minimum Gasteiger partial charge on any atom is -0.495 e. The summed E-state index contributed by atoms with van der Waals surface area (Å²) in [5.41, 5.74) is 3.70. The van der Waals surface area contributed by atoms with Gasteiger partial charge < -0.3 is 15.0 Å². The van der Waals surface area contributed by atoms with E-state index in [1.165, 1.54) is 0 Å². The van der Waals surface area contributed by atoms with E-state index in [9.17, 15) is 4.79 Å². The predicted octanol–water partition coefficient (Wildman–Crippen LogP) is 5.14. The van der Waals surface area contributed by atoms with E-state index in [2.05, 4.69) is 15.3 Å². The number of methoxy groups -OCH3 is 1. The number of para-hydroxylation sites is 2. The number of hydrogen-bond acceptors (Lipinski definition) is 3. The maximum absolute atomic E-state index is 12.6. The highest BCUT2D eigenvalue weighted by atomic mass is 35.5. The SMILES string of the molecule is COc1ccc(-c2nc3ccccc3[nH]2)cc1NC(=O)c1cccc(Cl)c1. The summed E-state index contributed by atoms with van der Waals surface area (Å²) in [6, 6.07) is 20.1. The highest BCUT2D eigenvalue weighted by Gasteiger charge is 2.13. The number of imidazole rings is 1. The molecule has 2 N–H and O–H groups in total. The van der Waals surface area contributed by atoms with Gasteiger partial charge in [-0.25, -0.2) is 4.98 Å². The van der Waals surface area contributed by atoms with Crippen LogP contribution in [0.25, 0.3) is 22.4 Å². The number of nitrogens with zero attached hydrogens (tertiary/aromatic N) is 1. The fourth-order valence-corrected chi connectivity index (χ4v) is 3.06. The molecule has 1 heterocycles. The fourth-order valence-electron chi connectivity index (χ4n) is 2.87. The van der Waals surface area contributed by atoms with E-state index in [1.54, 1.807) is 37.4 Å². The molecule has 3 aromatic carbocycles. The van der Waals surface area contributed by atoms with Crippen LogP contribution in [0.15, 0.2) is 66.7 Å². The molecular weight excluding hydrogens is 362 g/mol. The molecule has 0 radical (unpaired) electrons. The van der Waals surface area contributed by atoms with Gasteiger partial charge in [0.25, 0.3) is 5.91 Å². The second-order valence-electron chi connectivity index (χ2n) is 5.98. The summed E-state index contributed by atoms with van der Waals surface area (Å²) in [6.45, 7) is 0. The van der Waals surface area contributed by atoms with E-state index in [4.69, 9.17) is 16.3 Å². The monoisotopic (exact) mass is 377 g/mol. The summed E-state index contributed by atoms with van der Waals surface area (Å²) in [5.74, 6) is 1.01. The first kappa shape index (κ1) is 17.1. The van der Waals surface area contributed by atoms with E-state index < -0.39 is 0 Å². The Morgan fingerprint density at radius 2 is 1.93 bits per heavy atom. The average Bonchev–Trinajstić information content (AvgIpc) is 3.12. The van der Waals surface area contributed by atoms with Gasteiger partial charge in [-0.05, 0) is 48.5 Å². The van der Waals surface area contributed by atoms with Crippen molar-refractivity contribution < 1.29 is 9.53 Å². The molecule has 0 bridgehead atoms. The zero-order valence-electron chi connectivity index (χ0n) is 14.5. The Labute approximate surface area is 161 Å². The fraction of sp³-hybridized carbons (Fsp3) is 0.0476. The number of carbonyl (C=O) groups is 1. The summed E-state index contributed by atoms with van der Waals surface area (Å²) in [6.07, 6.45) is 0. The molecule has 4 rings (SSSR count). The van der Waals surface area contributed by atoms with Gasteiger partial charge in [0.2, 0.25) is 0 Å². The molecule has 0 unspecified atom stereocenters. The Balaban J connectivity index is 1.69. The van der Waals surface area contributed by atoms with Crippen molar-refractivity contribution in [3.8, 4) is 17.1 Å². The molecule has 0 atom stereocenters. The zero-order chi connectivity index (χ0) is 18.8. The van der Waals surface area contributed by atoms with Crippen LogP contribution in [0.5, 0.6) is 5.75 Å². The lowest BCUT2D eigenvalue weighted by molar-refractivity contribution is 0.102. The number of H-pyrrole nitrogens is 1. The van der Waals surface area contributed by atoms with E-state index in [0.29, 0.717) is 22.0 Å². The molecule has 1 aromatic heterocycles. The van der Waals surface area contributed by atoms with Crippen molar-refractivity contribution in [1.82, 2.24) is 9.97 Å². The Kier molecular flexibility index (Phi) is 4.52. The van der Waals surface area contributed by atoms with E-state index >= 15 is 0 Å². The standard InChI is InChI=1S/C21H16ClN3O2/c1-27-19-10-9-13(20-23-16-7-2-3-8-17(16)24-20)12-18(19)25-21(26)14-5-4-6-15(22)11-14/h2-12H,1H3,(H,23,24)(H,25,26). The first-order valence-electron chi connectivity index (χ1n) is 8.34. The van der Waals surface area contributed by atoms with Crippen molar-refractivity contribution in [2.24, 2.45) is 0 Å². The number of nitrogens with one attached hydrogen (secondary N) is 2. The lowest BCUT2D eigenvalue weighted by Gasteiger charge is -2.12. The van der Waals surface area contributed by atoms with Crippen LogP contribution in [0.2, 0.25) is 5.02 Å². The van der Waals surface area contributed by atoms with Crippen LogP contribution < -0.4 is 10.1 Å². The van der Waals surface area contributed by atoms with Gasteiger partial charge in [-0.3, -0.25) is 4.79 Å². The lowest BCUT2D eigenvalue weighted by atomic mass is 10.1. The van der Waals surface area contributed by atoms with E-state index in [1.807, 2.05) is 36.4 Å². The second-order valence-corrected chi connectivity index (χ2v) is 6.42. The molecule has 0 saturated carbocycles. The topological polar surface area (TPSA) is 67.0 Å². The van der Waals surface area contributed by atoms with Crippen molar-refractivity contribution in [2.45, 2.75) is 0 Å². The Morgan fingerprint density at radius 1 is 1.07 bits per heavy atom. The maximum Gasteiger partial charge on any atom is 0.255 e. The Morgan fingerprint density at radius 3 is 2.70 bits per heavy atom. The maximum atomic E-state index is 12.6. The highest BCUT2D eigenvalue weighted by Crippen LogP contribution is 2.31. The summed E-state index contributed by atoms with van der Waals surface area (Å²) in [5, 5.41) is 3.39. The molecule has 6 heteroatoms. The smallest absolute Gasteiger partial charge is 0.255 e. The highest BCUT2D eigenvalue weighted by molar-refractivity contribution is 6.31. The van der Waals surface area contributed by atoms with Gasteiger partial charge in [0.1, 0.15) is 11.6 Å². The largest absolute Gasteiger partial charge is 0.495 e. The first-order valence-corrected chi connectivity index (χ1v) is 8.72. The Bertz CT molecular complexity index is 1100. The van der Waals surface area contributed by atoms with Crippen molar-refractivity contribution in [1.29, 1.82) is 0 Å². The van der Waals surface area contributed by atoms with Crippen molar-refractivity contribution in [3.63, 3.8) is 0 Å². The molecule has 134 valence electrons. The van der Waals surface area contributed by atoms with E-state index in [-0.39, 0.29) is 5.91 Å². The van der Waals surface area contributed by atoms with Gasteiger partial charge in [-0.15, -0.1) is 0 Å². The number of benzene rings is 3. The molecular formula is C21H16ClN3O2. The quantitative estimate of drug-likeness (QED) is 0.517. The number of aromatic nitrogens is 2. The molecule has 0 spiro atoms. The van der Waals surface area contributed by atoms with Crippen molar-refractivity contribution >= 4 is 34.2 Å². The number of hydrogen-bond donors (Lipinski definition) is 2. The van der Waals surface area contributed by atoms with Gasteiger partial charge in [0.15, 0.2) is 0 Å². The number of ether oxygens (including phenoxy) is 1. The third-order valence-electron chi connectivity index (χ3n) is 4.20. The predicted molar refractivity (Wildman–Crippen MR) is 107 cm³/mol. The molecule has 0 fully saturated rings. The number of anilines is 1. The molecule has 0 aliphatic heterocycles. The number of aromatic amines is 1. The molecule has 0 saturated heterocycles. The first-order chi connectivity index (χ1) is 13.1. The van der Waals surface area contributed by atoms with Crippen LogP contribution in [0.1, 0.15) is 10.4 Å². The average molecular weight is 378 g/mol. The third-order valence-corrected chi connectivity index (χ3v) is 4.43. The summed E-state index contributed by atoms with van der Waals surface area (Å²) in [7, 11) is 1.56. The minimum absolute atomic E-state index is 0.266. The summed E-state index contributed by atoms with van der Waals surface area (Å²) < 4.78 is 5.38. The van der Waals surface area contributed by atoms with Gasteiger partial charge in [-0.2, -0.15) is 0 Å². The molecule has 0 aliphatic rings. The number of halogens is 1. The summed E-state index contributed by atoms with van der Waals surface area (Å²) >= 11 is 5.98. The van der Waals surface area contributed by atoms with Gasteiger partial charge in [0, 0.05) is 16.1 Å². The van der Waals surface area contributed by atoms with Crippen LogP contribution in [0, 0.1) is 0 Å². The van der Waals surface area contributed by atoms with Crippen molar-refractivity contribution in [3.05, 3.63) is 77.3 Å². The van der Waals surface area contributed by atoms with Crippen LogP contribution in [0.4, 0.5) is 5.69 Å². The van der Waals surface area contributed by atoms with E-state index in [0.717, 1.165) is 22.4 Å². The van der Waals surface area contributed by atoms with Gasteiger partial charge >= 0.3 is 0 Å². The van der Waals surface area contributed by atoms with Gasteiger partial charge in [0.05, 0.1) is 23.8 Å². The zero-order valence-corrected chi connectivity index (χ0v) is 15.2. The third kappa shape index (κ3) is 3.50. The normalized spacial score (nSPS) is 10.7. The molecule has 1 amide bonds. The number of carbonyl (C=O) groups excluding carboxylic acids is 1. The molecule has 0 aliphatic carbocycles. The number of fused-ring (bicyclic) bond motifs is 1. The van der Waals surface area contributed by atoms with Crippen molar-refractivity contribution in [2.75, 3.05) is 12.4 Å². The van der Waals surface area contributed by atoms with Crippen LogP contribution in [-0.2, 0) is 0 Å². The van der Waals surface area contributed by atoms with Crippen LogP contribution in [-0.4, -0.2) is 23.0 Å². The lowest BCUT2D eigenvalue weighted by Crippen LogP contribution is -2.12. The summed E-state index contributed by atoms with van der Waals surface area (Å²) in [4.78, 5) is 20.5. The number of amides is 1. The Hall–Kier alpha value is -3.31. The molecule has 4 aromatic rings. The van der Waals surface area contributed by atoms with Gasteiger partial charge in [-0.1, -0.05) is 29.8 Å². The minimum atomic E-state index is -0.266.